The molecule has 1 aromatic carbocycles. The molecule has 41 heavy (non-hydrogen) atoms. The first-order chi connectivity index (χ1) is 19.5. The van der Waals surface area contributed by atoms with E-state index < -0.39 is 34.6 Å². The molecular weight excluding hydrogens is 546 g/mol. The number of pyridine rings is 1. The standard InChI is InChI=1S/C27H29F4N7O3/c1-16-15-38(6-5-36(16)2)23-13-20(28)17(21-3-4-32-26(35-21)37-7-9-41-10-8-37)11-22(23)34-25(40)18-14-33-24(39)12-19(18)27(29,30)31/h3-4,11-14,16H,5-10,15H2,1-2H3,(H,33,39)(H,34,40)/t16-/m1/s1. The number of likely N-dealkylation sites (N-methyl/N-ethyl adjacent to an activating group) is 1. The van der Waals surface area contributed by atoms with Crippen molar-refractivity contribution in [2.24, 2.45) is 0 Å². The highest BCUT2D eigenvalue weighted by Gasteiger charge is 2.36. The van der Waals surface area contributed by atoms with Gasteiger partial charge in [-0.05, 0) is 32.2 Å². The summed E-state index contributed by atoms with van der Waals surface area (Å²) in [6, 6.07) is 4.59. The van der Waals surface area contributed by atoms with Crippen molar-refractivity contribution in [1.82, 2.24) is 19.9 Å². The predicted molar refractivity (Wildman–Crippen MR) is 145 cm³/mol. The Labute approximate surface area is 233 Å². The Bertz CT molecular complexity index is 1490. The number of anilines is 3. The molecule has 5 rings (SSSR count). The molecule has 1 amide bonds. The van der Waals surface area contributed by atoms with Crippen LogP contribution in [0.25, 0.3) is 11.3 Å². The number of hydrogen-bond donors (Lipinski definition) is 2. The molecule has 2 fully saturated rings. The van der Waals surface area contributed by atoms with Gasteiger partial charge in [0.1, 0.15) is 5.82 Å². The van der Waals surface area contributed by atoms with E-state index in [2.05, 4.69) is 25.2 Å². The van der Waals surface area contributed by atoms with Gasteiger partial charge in [-0.3, -0.25) is 9.59 Å². The maximum Gasteiger partial charge on any atom is 0.417 e. The molecule has 10 nitrogen and oxygen atoms in total. The topological polar surface area (TPSA) is 107 Å². The number of H-pyrrole nitrogens is 1. The molecule has 0 spiro atoms. The van der Waals surface area contributed by atoms with Crippen LogP contribution < -0.4 is 20.7 Å². The molecule has 0 saturated carbocycles. The minimum atomic E-state index is -4.94. The lowest BCUT2D eigenvalue weighted by Crippen LogP contribution is -2.50. The third-order valence-electron chi connectivity index (χ3n) is 7.32. The molecule has 0 unspecified atom stereocenters. The number of nitrogens with one attached hydrogen (secondary N) is 2. The van der Waals surface area contributed by atoms with E-state index in [1.807, 2.05) is 23.8 Å². The second-order valence-corrected chi connectivity index (χ2v) is 10.0. The second kappa shape index (κ2) is 11.4. The summed E-state index contributed by atoms with van der Waals surface area (Å²) in [5.41, 5.74) is -2.42. The van der Waals surface area contributed by atoms with E-state index in [9.17, 15) is 22.8 Å². The number of amides is 1. The zero-order chi connectivity index (χ0) is 29.3. The van der Waals surface area contributed by atoms with Crippen molar-refractivity contribution in [1.29, 1.82) is 0 Å². The zero-order valence-corrected chi connectivity index (χ0v) is 22.5. The van der Waals surface area contributed by atoms with E-state index in [0.717, 1.165) is 6.20 Å². The lowest BCUT2D eigenvalue weighted by molar-refractivity contribution is -0.138. The van der Waals surface area contributed by atoms with Gasteiger partial charge >= 0.3 is 6.18 Å². The van der Waals surface area contributed by atoms with Gasteiger partial charge in [-0.15, -0.1) is 0 Å². The number of piperazine rings is 1. The minimum absolute atomic E-state index is 0.0423. The molecule has 14 heteroatoms. The smallest absolute Gasteiger partial charge is 0.378 e. The lowest BCUT2D eigenvalue weighted by Gasteiger charge is -2.39. The van der Waals surface area contributed by atoms with Crippen molar-refractivity contribution in [2.75, 3.05) is 68.1 Å². The number of carbonyl (C=O) groups is 1. The van der Waals surface area contributed by atoms with E-state index in [1.165, 1.54) is 24.4 Å². The first kappa shape index (κ1) is 28.5. The van der Waals surface area contributed by atoms with Gasteiger partial charge in [0.2, 0.25) is 11.5 Å². The van der Waals surface area contributed by atoms with Crippen LogP contribution in [0.3, 0.4) is 0 Å². The molecule has 2 saturated heterocycles. The summed E-state index contributed by atoms with van der Waals surface area (Å²) in [5, 5.41) is 2.54. The first-order valence-electron chi connectivity index (χ1n) is 13.1. The average Bonchev–Trinajstić information content (AvgIpc) is 2.95. The second-order valence-electron chi connectivity index (χ2n) is 10.0. The number of alkyl halides is 3. The normalized spacial score (nSPS) is 18.4. The highest BCUT2D eigenvalue weighted by atomic mass is 19.4. The molecular formula is C27H29F4N7O3. The Morgan fingerprint density at radius 1 is 1.12 bits per heavy atom. The molecule has 0 aliphatic carbocycles. The molecule has 2 aromatic heterocycles. The molecule has 3 aromatic rings. The van der Waals surface area contributed by atoms with E-state index in [1.54, 1.807) is 0 Å². The number of aromatic amines is 1. The zero-order valence-electron chi connectivity index (χ0n) is 22.5. The van der Waals surface area contributed by atoms with Crippen molar-refractivity contribution in [2.45, 2.75) is 19.1 Å². The Kier molecular flexibility index (Phi) is 7.95. The van der Waals surface area contributed by atoms with Crippen LogP contribution in [0.2, 0.25) is 0 Å². The molecule has 2 aliphatic rings. The van der Waals surface area contributed by atoms with Gasteiger partial charge < -0.3 is 29.7 Å². The Hall–Kier alpha value is -4.04. The summed E-state index contributed by atoms with van der Waals surface area (Å²) >= 11 is 0. The number of ether oxygens (including phenoxy) is 1. The number of morpholine rings is 1. The molecule has 1 atom stereocenters. The number of rotatable bonds is 5. The predicted octanol–water partition coefficient (Wildman–Crippen LogP) is 3.22. The highest BCUT2D eigenvalue weighted by molar-refractivity contribution is 6.07. The van der Waals surface area contributed by atoms with Crippen LogP contribution in [0.4, 0.5) is 34.9 Å². The fourth-order valence-corrected chi connectivity index (χ4v) is 4.89. The number of nitrogens with zero attached hydrogens (tertiary/aromatic N) is 5. The number of aromatic nitrogens is 3. The number of hydrogen-bond acceptors (Lipinski definition) is 8. The fraction of sp³-hybridized carbons (Fsp3) is 0.407. The fourth-order valence-electron chi connectivity index (χ4n) is 4.89. The monoisotopic (exact) mass is 575 g/mol. The van der Waals surface area contributed by atoms with E-state index in [4.69, 9.17) is 4.74 Å². The summed E-state index contributed by atoms with van der Waals surface area (Å²) in [4.78, 5) is 41.7. The van der Waals surface area contributed by atoms with Crippen LogP contribution >= 0.6 is 0 Å². The van der Waals surface area contributed by atoms with Gasteiger partial charge in [0.25, 0.3) is 5.91 Å². The molecule has 4 heterocycles. The minimum Gasteiger partial charge on any atom is -0.378 e. The number of carbonyl (C=O) groups excluding carboxylic acids is 1. The largest absolute Gasteiger partial charge is 0.417 e. The van der Waals surface area contributed by atoms with Gasteiger partial charge in [0.05, 0.1) is 41.4 Å². The van der Waals surface area contributed by atoms with Crippen LogP contribution in [-0.4, -0.2) is 84.8 Å². The van der Waals surface area contributed by atoms with Crippen molar-refractivity contribution < 1.29 is 27.1 Å². The molecule has 0 bridgehead atoms. The Morgan fingerprint density at radius 2 is 1.88 bits per heavy atom. The van der Waals surface area contributed by atoms with Crippen LogP contribution in [0.1, 0.15) is 22.8 Å². The third-order valence-corrected chi connectivity index (χ3v) is 7.32. The quantitative estimate of drug-likeness (QED) is 0.447. The summed E-state index contributed by atoms with van der Waals surface area (Å²) < 4.78 is 62.1. The summed E-state index contributed by atoms with van der Waals surface area (Å²) in [5.74, 6) is -1.33. The Morgan fingerprint density at radius 3 is 2.59 bits per heavy atom. The lowest BCUT2D eigenvalue weighted by atomic mass is 10.1. The van der Waals surface area contributed by atoms with E-state index in [-0.39, 0.29) is 23.0 Å². The SMILES string of the molecule is C[C@@H]1CN(c2cc(F)c(-c3ccnc(N4CCOCC4)n3)cc2NC(=O)c2c[nH]c(=O)cc2C(F)(F)F)CCN1C. The van der Waals surface area contributed by atoms with Crippen molar-refractivity contribution in [3.05, 3.63) is 64.0 Å². The Balaban J connectivity index is 1.56. The average molecular weight is 576 g/mol. The number of benzene rings is 1. The highest BCUT2D eigenvalue weighted by Crippen LogP contribution is 2.36. The van der Waals surface area contributed by atoms with Gasteiger partial charge in [-0.1, -0.05) is 0 Å². The summed E-state index contributed by atoms with van der Waals surface area (Å²) in [7, 11) is 1.96. The van der Waals surface area contributed by atoms with Crippen molar-refractivity contribution in [3.63, 3.8) is 0 Å². The van der Waals surface area contributed by atoms with Crippen LogP contribution in [0, 0.1) is 5.82 Å². The van der Waals surface area contributed by atoms with Crippen LogP contribution in [0.5, 0.6) is 0 Å². The maximum atomic E-state index is 15.7. The van der Waals surface area contributed by atoms with Crippen molar-refractivity contribution >= 4 is 23.2 Å². The molecule has 218 valence electrons. The molecule has 2 aliphatic heterocycles. The maximum absolute atomic E-state index is 15.7. The number of halogens is 4. The van der Waals surface area contributed by atoms with Gasteiger partial charge in [-0.2, -0.15) is 13.2 Å². The molecule has 0 radical (unpaired) electrons. The molecule has 2 N–H and O–H groups in total. The first-order valence-corrected chi connectivity index (χ1v) is 13.1. The van der Waals surface area contributed by atoms with Gasteiger partial charge in [0.15, 0.2) is 0 Å². The summed E-state index contributed by atoms with van der Waals surface area (Å²) in [6.45, 7) is 5.79. The van der Waals surface area contributed by atoms with E-state index in [0.29, 0.717) is 63.6 Å². The van der Waals surface area contributed by atoms with Gasteiger partial charge in [0, 0.05) is 62.8 Å². The van der Waals surface area contributed by atoms with Crippen LogP contribution in [0.15, 0.2) is 41.5 Å². The van der Waals surface area contributed by atoms with Gasteiger partial charge in [-0.25, -0.2) is 14.4 Å². The van der Waals surface area contributed by atoms with E-state index >= 15 is 4.39 Å². The third kappa shape index (κ3) is 6.17. The van der Waals surface area contributed by atoms with Crippen LogP contribution in [-0.2, 0) is 10.9 Å². The van der Waals surface area contributed by atoms with Crippen molar-refractivity contribution in [3.8, 4) is 11.3 Å². The summed E-state index contributed by atoms with van der Waals surface area (Å²) in [6.07, 6.45) is -2.72.